The Morgan fingerprint density at radius 3 is 1.71 bits per heavy atom. The molecule has 0 N–H and O–H groups in total. The number of aromatic nitrogens is 2. The van der Waals surface area contributed by atoms with Crippen LogP contribution in [0.5, 0.6) is 0 Å². The third kappa shape index (κ3) is 3.20. The zero-order valence-corrected chi connectivity index (χ0v) is 22.0. The van der Waals surface area contributed by atoms with Crippen LogP contribution in [0.2, 0.25) is 0 Å². The van der Waals surface area contributed by atoms with Crippen LogP contribution >= 0.6 is 0 Å². The second-order valence-electron chi connectivity index (χ2n) is 10.5. The predicted molar refractivity (Wildman–Crippen MR) is 170 cm³/mol. The third-order valence-electron chi connectivity index (χ3n) is 8.32. The zero-order valence-electron chi connectivity index (χ0n) is 22.0. The molecule has 0 bridgehead atoms. The molecule has 9 rings (SSSR count). The van der Waals surface area contributed by atoms with Crippen molar-refractivity contribution in [2.24, 2.45) is 0 Å². The van der Waals surface area contributed by atoms with Gasteiger partial charge in [0.05, 0.1) is 22.9 Å². The molecule has 3 heteroatoms. The molecule has 0 saturated heterocycles. The summed E-state index contributed by atoms with van der Waals surface area (Å²) in [6.07, 6.45) is 1.92. The maximum Gasteiger partial charge on any atom is 0.143 e. The standard InChI is InChI=1S/C38H22N2O/c1-2-11-24-23(10-1)27(32-17-9-18-33-29-14-7-8-19-35(29)41-38(32)33)20-21-28(24)34-22-39-36-30-15-5-3-12-25(30)26-13-4-6-16-31(26)37(36)40-34/h1-22H. The van der Waals surface area contributed by atoms with Gasteiger partial charge >= 0.3 is 0 Å². The summed E-state index contributed by atoms with van der Waals surface area (Å²) in [5.74, 6) is 0. The molecule has 9 aromatic rings. The van der Waals surface area contributed by atoms with Crippen molar-refractivity contribution >= 4 is 65.3 Å². The molecule has 190 valence electrons. The molecule has 0 saturated carbocycles. The minimum absolute atomic E-state index is 0.864. The summed E-state index contributed by atoms with van der Waals surface area (Å²) < 4.78 is 6.40. The molecule has 41 heavy (non-hydrogen) atoms. The van der Waals surface area contributed by atoms with E-state index >= 15 is 0 Å². The quantitative estimate of drug-likeness (QED) is 0.212. The summed E-state index contributed by atoms with van der Waals surface area (Å²) in [7, 11) is 0. The summed E-state index contributed by atoms with van der Waals surface area (Å²) >= 11 is 0. The van der Waals surface area contributed by atoms with Crippen LogP contribution in [0.15, 0.2) is 138 Å². The van der Waals surface area contributed by atoms with Gasteiger partial charge in [0.1, 0.15) is 11.2 Å². The lowest BCUT2D eigenvalue weighted by Gasteiger charge is -2.13. The van der Waals surface area contributed by atoms with Crippen molar-refractivity contribution < 1.29 is 4.42 Å². The first-order valence-electron chi connectivity index (χ1n) is 13.8. The van der Waals surface area contributed by atoms with Gasteiger partial charge in [-0.15, -0.1) is 0 Å². The van der Waals surface area contributed by atoms with Gasteiger partial charge in [-0.1, -0.05) is 121 Å². The molecule has 0 aliphatic carbocycles. The van der Waals surface area contributed by atoms with Gasteiger partial charge in [0.15, 0.2) is 0 Å². The van der Waals surface area contributed by atoms with Crippen molar-refractivity contribution in [1.29, 1.82) is 0 Å². The molecule has 0 atom stereocenters. The van der Waals surface area contributed by atoms with Crippen LogP contribution in [0, 0.1) is 0 Å². The second-order valence-corrected chi connectivity index (χ2v) is 10.5. The Morgan fingerprint density at radius 1 is 0.390 bits per heavy atom. The van der Waals surface area contributed by atoms with Gasteiger partial charge in [-0.3, -0.25) is 4.98 Å². The van der Waals surface area contributed by atoms with E-state index in [9.17, 15) is 0 Å². The molecule has 3 nitrogen and oxygen atoms in total. The first-order chi connectivity index (χ1) is 20.3. The van der Waals surface area contributed by atoms with Gasteiger partial charge in [0.2, 0.25) is 0 Å². The number of para-hydroxylation sites is 2. The highest BCUT2D eigenvalue weighted by atomic mass is 16.3. The van der Waals surface area contributed by atoms with Crippen LogP contribution in [-0.4, -0.2) is 9.97 Å². The van der Waals surface area contributed by atoms with Crippen LogP contribution in [0.3, 0.4) is 0 Å². The summed E-state index contributed by atoms with van der Waals surface area (Å²) in [6.45, 7) is 0. The molecule has 0 fully saturated rings. The van der Waals surface area contributed by atoms with Gasteiger partial charge in [-0.05, 0) is 33.2 Å². The van der Waals surface area contributed by atoms with E-state index in [-0.39, 0.29) is 0 Å². The second kappa shape index (κ2) is 8.48. The molecule has 7 aromatic carbocycles. The van der Waals surface area contributed by atoms with E-state index in [4.69, 9.17) is 14.4 Å². The van der Waals surface area contributed by atoms with Crippen LogP contribution in [0.4, 0.5) is 0 Å². The molecule has 0 aliphatic heterocycles. The van der Waals surface area contributed by atoms with Crippen LogP contribution in [0.1, 0.15) is 0 Å². The number of furan rings is 1. The predicted octanol–water partition coefficient (Wildman–Crippen LogP) is 10.3. The average Bonchev–Trinajstić information content (AvgIpc) is 3.43. The Balaban J connectivity index is 1.31. The molecule has 0 amide bonds. The van der Waals surface area contributed by atoms with Crippen molar-refractivity contribution in [2.45, 2.75) is 0 Å². The normalized spacial score (nSPS) is 11.9. The van der Waals surface area contributed by atoms with Gasteiger partial charge in [0, 0.05) is 32.7 Å². The van der Waals surface area contributed by atoms with Crippen molar-refractivity contribution in [1.82, 2.24) is 9.97 Å². The number of fused-ring (bicyclic) bond motifs is 10. The molecule has 0 aliphatic rings. The SMILES string of the molecule is c1ccc2c(c1)oc1c(-c3ccc(-c4cnc5c6ccccc6c6ccccc6c5n4)c4ccccc34)cccc12. The first-order valence-corrected chi connectivity index (χ1v) is 13.8. The number of nitrogens with zero attached hydrogens (tertiary/aromatic N) is 2. The van der Waals surface area contributed by atoms with Crippen molar-refractivity contribution in [3.05, 3.63) is 134 Å². The van der Waals surface area contributed by atoms with Crippen molar-refractivity contribution in [3.63, 3.8) is 0 Å². The minimum Gasteiger partial charge on any atom is -0.455 e. The smallest absolute Gasteiger partial charge is 0.143 e. The van der Waals surface area contributed by atoms with E-state index < -0.39 is 0 Å². The highest BCUT2D eigenvalue weighted by Gasteiger charge is 2.17. The fraction of sp³-hybridized carbons (Fsp3) is 0. The maximum absolute atomic E-state index is 6.40. The van der Waals surface area contributed by atoms with Crippen molar-refractivity contribution in [2.75, 3.05) is 0 Å². The lowest BCUT2D eigenvalue weighted by Crippen LogP contribution is -1.93. The topological polar surface area (TPSA) is 38.9 Å². The van der Waals surface area contributed by atoms with E-state index in [1.807, 2.05) is 18.3 Å². The Kier molecular flexibility index (Phi) is 4.61. The van der Waals surface area contributed by atoms with Gasteiger partial charge in [0.25, 0.3) is 0 Å². The third-order valence-corrected chi connectivity index (χ3v) is 8.32. The van der Waals surface area contributed by atoms with E-state index in [1.54, 1.807) is 0 Å². The van der Waals surface area contributed by atoms with Gasteiger partial charge in [-0.25, -0.2) is 4.98 Å². The largest absolute Gasteiger partial charge is 0.455 e. The molecule has 0 radical (unpaired) electrons. The molecule has 0 spiro atoms. The minimum atomic E-state index is 0.864. The monoisotopic (exact) mass is 522 g/mol. The van der Waals surface area contributed by atoms with Crippen LogP contribution in [-0.2, 0) is 0 Å². The van der Waals surface area contributed by atoms with Crippen LogP contribution < -0.4 is 0 Å². The number of rotatable bonds is 2. The van der Waals surface area contributed by atoms with Gasteiger partial charge in [-0.2, -0.15) is 0 Å². The Labute approximate surface area is 235 Å². The highest BCUT2D eigenvalue weighted by Crippen LogP contribution is 2.41. The van der Waals surface area contributed by atoms with Gasteiger partial charge < -0.3 is 4.42 Å². The number of hydrogen-bond acceptors (Lipinski definition) is 3. The Hall–Kier alpha value is -5.54. The number of benzene rings is 7. The summed E-state index contributed by atoms with van der Waals surface area (Å²) in [6, 6.07) is 44.5. The summed E-state index contributed by atoms with van der Waals surface area (Å²) in [4.78, 5) is 10.3. The fourth-order valence-corrected chi connectivity index (χ4v) is 6.47. The average molecular weight is 523 g/mol. The van der Waals surface area contributed by atoms with Crippen molar-refractivity contribution in [3.8, 4) is 22.4 Å². The van der Waals surface area contributed by atoms with E-state index in [2.05, 4.69) is 115 Å². The highest BCUT2D eigenvalue weighted by molar-refractivity contribution is 6.23. The van der Waals surface area contributed by atoms with E-state index in [0.717, 1.165) is 76.9 Å². The molecule has 2 aromatic heterocycles. The fourth-order valence-electron chi connectivity index (χ4n) is 6.47. The lowest BCUT2D eigenvalue weighted by atomic mass is 9.93. The Morgan fingerprint density at radius 2 is 0.951 bits per heavy atom. The first kappa shape index (κ1) is 22.3. The Bertz CT molecular complexity index is 2450. The zero-order chi connectivity index (χ0) is 26.9. The van der Waals surface area contributed by atoms with E-state index in [1.165, 1.54) is 10.8 Å². The maximum atomic E-state index is 6.40. The summed E-state index contributed by atoms with van der Waals surface area (Å²) in [5.41, 5.74) is 7.83. The molecular formula is C38H22N2O. The van der Waals surface area contributed by atoms with E-state index in [0.29, 0.717) is 0 Å². The lowest BCUT2D eigenvalue weighted by molar-refractivity contribution is 0.670. The molecule has 2 heterocycles. The molecule has 0 unspecified atom stereocenters. The summed E-state index contributed by atoms with van der Waals surface area (Å²) in [5, 5.41) is 9.20. The van der Waals surface area contributed by atoms with Crippen LogP contribution in [0.25, 0.3) is 87.7 Å². The number of hydrogen-bond donors (Lipinski definition) is 0. The molecular weight excluding hydrogens is 500 g/mol.